The number of rotatable bonds is 2. The van der Waals surface area contributed by atoms with Crippen molar-refractivity contribution in [2.75, 3.05) is 0 Å². The van der Waals surface area contributed by atoms with Crippen LogP contribution < -0.4 is 10.6 Å². The Kier molecular flexibility index (Phi) is 4.03. The smallest absolute Gasteiger partial charge is 0.0998 e. The molecule has 22 heavy (non-hydrogen) atoms. The van der Waals surface area contributed by atoms with Crippen LogP contribution in [0.15, 0.2) is 79.5 Å². The van der Waals surface area contributed by atoms with Gasteiger partial charge < -0.3 is 10.6 Å². The second kappa shape index (κ2) is 6.47. The molecule has 0 saturated carbocycles. The lowest BCUT2D eigenvalue weighted by Gasteiger charge is -2.13. The van der Waals surface area contributed by atoms with Gasteiger partial charge in [-0.25, -0.2) is 0 Å². The standard InChI is InChI=1S/C19H15N3/c20-14-17-4-1-7-18(15-5-2-10-21-12-8-15)19(17)16-6-3-11-22-13-9-16/h1-13,21-22H. The molecule has 0 amide bonds. The van der Waals surface area contributed by atoms with E-state index in [2.05, 4.69) is 16.7 Å². The predicted molar refractivity (Wildman–Crippen MR) is 89.9 cm³/mol. The number of allylic oxidation sites excluding steroid dienone is 8. The molecule has 0 bridgehead atoms. The van der Waals surface area contributed by atoms with Crippen molar-refractivity contribution >= 4 is 11.1 Å². The number of hydrogen-bond donors (Lipinski definition) is 2. The van der Waals surface area contributed by atoms with Crippen LogP contribution in [0.2, 0.25) is 0 Å². The Morgan fingerprint density at radius 2 is 1.50 bits per heavy atom. The van der Waals surface area contributed by atoms with Crippen LogP contribution in [0.25, 0.3) is 11.1 Å². The van der Waals surface area contributed by atoms with Crippen molar-refractivity contribution in [1.29, 1.82) is 5.26 Å². The van der Waals surface area contributed by atoms with E-state index in [9.17, 15) is 5.26 Å². The van der Waals surface area contributed by atoms with Gasteiger partial charge in [-0.15, -0.1) is 0 Å². The normalized spacial score (nSPS) is 15.8. The molecule has 0 saturated heterocycles. The summed E-state index contributed by atoms with van der Waals surface area (Å²) in [6.45, 7) is 0. The summed E-state index contributed by atoms with van der Waals surface area (Å²) in [4.78, 5) is 0. The molecule has 3 heteroatoms. The fourth-order valence-electron chi connectivity index (χ4n) is 2.46. The topological polar surface area (TPSA) is 47.9 Å². The van der Waals surface area contributed by atoms with E-state index >= 15 is 0 Å². The summed E-state index contributed by atoms with van der Waals surface area (Å²) in [5, 5.41) is 15.6. The van der Waals surface area contributed by atoms with Crippen LogP contribution in [-0.2, 0) is 0 Å². The summed E-state index contributed by atoms with van der Waals surface area (Å²) in [6.07, 6.45) is 19.4. The summed E-state index contributed by atoms with van der Waals surface area (Å²) in [5.74, 6) is 0. The van der Waals surface area contributed by atoms with Crippen LogP contribution in [0, 0.1) is 11.3 Å². The Bertz CT molecular complexity index is 796. The average Bonchev–Trinajstić information content (AvgIpc) is 2.99. The van der Waals surface area contributed by atoms with Gasteiger partial charge in [-0.2, -0.15) is 5.26 Å². The minimum absolute atomic E-state index is 0.666. The lowest BCUT2D eigenvalue weighted by Crippen LogP contribution is -1.96. The largest absolute Gasteiger partial charge is 0.368 e. The molecule has 0 radical (unpaired) electrons. The second-order valence-electron chi connectivity index (χ2n) is 4.80. The first kappa shape index (κ1) is 13.7. The molecule has 1 aromatic carbocycles. The zero-order chi connectivity index (χ0) is 15.2. The van der Waals surface area contributed by atoms with Gasteiger partial charge in [-0.1, -0.05) is 24.3 Å². The van der Waals surface area contributed by atoms with Crippen molar-refractivity contribution in [2.24, 2.45) is 0 Å². The first-order chi connectivity index (χ1) is 10.9. The summed E-state index contributed by atoms with van der Waals surface area (Å²) in [6, 6.07) is 8.12. The highest BCUT2D eigenvalue weighted by Gasteiger charge is 2.13. The number of hydrogen-bond acceptors (Lipinski definition) is 3. The third kappa shape index (κ3) is 2.77. The fraction of sp³-hybridized carbons (Fsp3) is 0. The number of nitrogens with one attached hydrogen (secondary N) is 2. The minimum Gasteiger partial charge on any atom is -0.368 e. The van der Waals surface area contributed by atoms with Crippen molar-refractivity contribution < 1.29 is 0 Å². The number of nitrogens with zero attached hydrogens (tertiary/aromatic N) is 1. The average molecular weight is 285 g/mol. The van der Waals surface area contributed by atoms with Crippen LogP contribution in [-0.4, -0.2) is 0 Å². The molecule has 2 N–H and O–H groups in total. The van der Waals surface area contributed by atoms with Crippen LogP contribution in [0.5, 0.6) is 0 Å². The van der Waals surface area contributed by atoms with Crippen LogP contribution in [0.4, 0.5) is 0 Å². The number of benzene rings is 1. The van der Waals surface area contributed by atoms with E-state index in [1.807, 2.05) is 79.5 Å². The summed E-state index contributed by atoms with van der Waals surface area (Å²) in [5.41, 5.74) is 4.71. The van der Waals surface area contributed by atoms with E-state index in [0.717, 1.165) is 22.3 Å². The lowest BCUT2D eigenvalue weighted by atomic mass is 9.90. The quantitative estimate of drug-likeness (QED) is 0.873. The van der Waals surface area contributed by atoms with Gasteiger partial charge >= 0.3 is 0 Å². The van der Waals surface area contributed by atoms with Gasteiger partial charge in [0.1, 0.15) is 0 Å². The summed E-state index contributed by atoms with van der Waals surface area (Å²) < 4.78 is 0. The maximum atomic E-state index is 9.50. The molecule has 0 aliphatic carbocycles. The summed E-state index contributed by atoms with van der Waals surface area (Å²) in [7, 11) is 0. The summed E-state index contributed by atoms with van der Waals surface area (Å²) >= 11 is 0. The van der Waals surface area contributed by atoms with E-state index in [1.54, 1.807) is 0 Å². The van der Waals surface area contributed by atoms with Crippen LogP contribution >= 0.6 is 0 Å². The van der Waals surface area contributed by atoms with Gasteiger partial charge in [0.2, 0.25) is 0 Å². The van der Waals surface area contributed by atoms with E-state index < -0.39 is 0 Å². The fourth-order valence-corrected chi connectivity index (χ4v) is 2.46. The highest BCUT2D eigenvalue weighted by Crippen LogP contribution is 2.31. The molecule has 2 aliphatic heterocycles. The van der Waals surface area contributed by atoms with Gasteiger partial charge in [0.15, 0.2) is 0 Å². The van der Waals surface area contributed by atoms with Crippen molar-refractivity contribution in [3.8, 4) is 6.07 Å². The molecule has 2 aliphatic rings. The Labute approximate surface area is 130 Å². The molecule has 0 spiro atoms. The minimum atomic E-state index is 0.666. The highest BCUT2D eigenvalue weighted by atomic mass is 14.8. The van der Waals surface area contributed by atoms with E-state index in [-0.39, 0.29) is 0 Å². The predicted octanol–water partition coefficient (Wildman–Crippen LogP) is 3.59. The maximum absolute atomic E-state index is 9.50. The molecule has 1 aromatic rings. The van der Waals surface area contributed by atoms with Gasteiger partial charge in [-0.3, -0.25) is 0 Å². The Hall–Kier alpha value is -3.25. The number of nitriles is 1. The monoisotopic (exact) mass is 285 g/mol. The van der Waals surface area contributed by atoms with Gasteiger partial charge in [0.25, 0.3) is 0 Å². The van der Waals surface area contributed by atoms with Crippen LogP contribution in [0.3, 0.4) is 0 Å². The van der Waals surface area contributed by atoms with E-state index in [4.69, 9.17) is 0 Å². The SMILES string of the molecule is N#Cc1cccc(C2=CC=CNC=C2)c1C1=CC=CNC=C1. The third-order valence-electron chi connectivity index (χ3n) is 3.44. The van der Waals surface area contributed by atoms with Gasteiger partial charge in [0, 0.05) is 30.4 Å². The molecule has 0 fully saturated rings. The molecular weight excluding hydrogens is 270 g/mol. The van der Waals surface area contributed by atoms with Crippen molar-refractivity contribution in [2.45, 2.75) is 0 Å². The Balaban J connectivity index is 2.21. The first-order valence-corrected chi connectivity index (χ1v) is 7.03. The van der Waals surface area contributed by atoms with Gasteiger partial charge in [0.05, 0.1) is 11.6 Å². The van der Waals surface area contributed by atoms with Crippen LogP contribution in [0.1, 0.15) is 16.7 Å². The first-order valence-electron chi connectivity index (χ1n) is 7.03. The van der Waals surface area contributed by atoms with Crippen molar-refractivity contribution in [1.82, 2.24) is 10.6 Å². The molecule has 2 heterocycles. The molecule has 3 nitrogen and oxygen atoms in total. The third-order valence-corrected chi connectivity index (χ3v) is 3.44. The van der Waals surface area contributed by atoms with E-state index in [0.29, 0.717) is 5.56 Å². The lowest BCUT2D eigenvalue weighted by molar-refractivity contribution is 1.20. The molecule has 3 rings (SSSR count). The molecular formula is C19H15N3. The molecule has 106 valence electrons. The Morgan fingerprint density at radius 3 is 2.23 bits per heavy atom. The second-order valence-corrected chi connectivity index (χ2v) is 4.80. The van der Waals surface area contributed by atoms with E-state index in [1.165, 1.54) is 0 Å². The molecule has 0 aromatic heterocycles. The highest BCUT2D eigenvalue weighted by molar-refractivity contribution is 5.90. The Morgan fingerprint density at radius 1 is 0.818 bits per heavy atom. The maximum Gasteiger partial charge on any atom is 0.0998 e. The molecule has 0 atom stereocenters. The zero-order valence-corrected chi connectivity index (χ0v) is 12.0. The van der Waals surface area contributed by atoms with Gasteiger partial charge in [-0.05, 0) is 47.1 Å². The molecule has 0 unspecified atom stereocenters. The zero-order valence-electron chi connectivity index (χ0n) is 12.0. The van der Waals surface area contributed by atoms with Crippen molar-refractivity contribution in [3.05, 3.63) is 96.1 Å². The van der Waals surface area contributed by atoms with Crippen molar-refractivity contribution in [3.63, 3.8) is 0 Å².